The summed E-state index contributed by atoms with van der Waals surface area (Å²) >= 11 is 0. The minimum absolute atomic E-state index is 0.0249. The van der Waals surface area contributed by atoms with Crippen molar-refractivity contribution in [3.05, 3.63) is 36.0 Å². The molecule has 1 aromatic heterocycles. The zero-order chi connectivity index (χ0) is 14.5. The summed E-state index contributed by atoms with van der Waals surface area (Å²) in [4.78, 5) is 16.3. The highest BCUT2D eigenvalue weighted by molar-refractivity contribution is 5.99. The lowest BCUT2D eigenvalue weighted by molar-refractivity contribution is 0.0925. The Morgan fingerprint density at radius 3 is 2.95 bits per heavy atom. The van der Waals surface area contributed by atoms with Crippen molar-refractivity contribution in [3.63, 3.8) is 0 Å². The molecular weight excluding hydrogens is 254 g/mol. The van der Waals surface area contributed by atoms with Crippen LogP contribution in [-0.4, -0.2) is 30.6 Å². The molecule has 1 heterocycles. The van der Waals surface area contributed by atoms with Crippen LogP contribution in [0, 0.1) is 0 Å². The topological polar surface area (TPSA) is 77.2 Å². The Labute approximate surface area is 118 Å². The van der Waals surface area contributed by atoms with Gasteiger partial charge in [0.2, 0.25) is 0 Å². The van der Waals surface area contributed by atoms with E-state index in [2.05, 4.69) is 10.3 Å². The lowest BCUT2D eigenvalue weighted by Crippen LogP contribution is -2.34. The van der Waals surface area contributed by atoms with Gasteiger partial charge < -0.3 is 15.8 Å². The van der Waals surface area contributed by atoms with Crippen LogP contribution in [0.1, 0.15) is 23.8 Å². The highest BCUT2D eigenvalue weighted by atomic mass is 16.5. The molecule has 0 fully saturated rings. The Bertz CT molecular complexity index is 613. The number of hydrogen-bond acceptors (Lipinski definition) is 4. The Morgan fingerprint density at radius 1 is 1.45 bits per heavy atom. The van der Waals surface area contributed by atoms with Crippen LogP contribution in [0.25, 0.3) is 10.8 Å². The van der Waals surface area contributed by atoms with Gasteiger partial charge in [0.1, 0.15) is 11.5 Å². The van der Waals surface area contributed by atoms with Crippen LogP contribution in [0.15, 0.2) is 30.3 Å². The van der Waals surface area contributed by atoms with Crippen molar-refractivity contribution >= 4 is 22.5 Å². The second kappa shape index (κ2) is 6.34. The number of ether oxygens (including phenoxy) is 1. The molecule has 0 aliphatic heterocycles. The summed E-state index contributed by atoms with van der Waals surface area (Å²) in [5.74, 6) is 0.156. The number of nitrogen functional groups attached to an aromatic ring is 1. The van der Waals surface area contributed by atoms with Gasteiger partial charge >= 0.3 is 0 Å². The molecule has 106 valence electrons. The Morgan fingerprint density at radius 2 is 2.20 bits per heavy atom. The zero-order valence-electron chi connectivity index (χ0n) is 11.7. The first kappa shape index (κ1) is 14.3. The van der Waals surface area contributed by atoms with Crippen LogP contribution in [0.2, 0.25) is 0 Å². The Kier molecular flexibility index (Phi) is 4.53. The molecule has 5 nitrogen and oxygen atoms in total. The molecule has 0 aliphatic rings. The lowest BCUT2D eigenvalue weighted by Gasteiger charge is -2.13. The van der Waals surface area contributed by atoms with Crippen molar-refractivity contribution in [3.8, 4) is 0 Å². The normalized spacial score (nSPS) is 12.3. The van der Waals surface area contributed by atoms with E-state index in [-0.39, 0.29) is 11.9 Å². The average Bonchev–Trinajstić information content (AvgIpc) is 2.45. The van der Waals surface area contributed by atoms with Crippen molar-refractivity contribution < 1.29 is 9.53 Å². The van der Waals surface area contributed by atoms with E-state index in [1.54, 1.807) is 13.2 Å². The molecule has 2 rings (SSSR count). The monoisotopic (exact) mass is 273 g/mol. The molecule has 3 N–H and O–H groups in total. The first-order valence-electron chi connectivity index (χ1n) is 6.57. The van der Waals surface area contributed by atoms with Gasteiger partial charge in [0.15, 0.2) is 0 Å². The van der Waals surface area contributed by atoms with Gasteiger partial charge in [0, 0.05) is 25.1 Å². The van der Waals surface area contributed by atoms with Gasteiger partial charge in [-0.1, -0.05) is 24.3 Å². The molecular formula is C15H19N3O2. The molecule has 0 spiro atoms. The number of methoxy groups -OCH3 is 1. The van der Waals surface area contributed by atoms with Crippen LogP contribution in [0.4, 0.5) is 5.82 Å². The van der Waals surface area contributed by atoms with Gasteiger partial charge in [-0.05, 0) is 24.8 Å². The number of pyridine rings is 1. The highest BCUT2D eigenvalue weighted by Crippen LogP contribution is 2.19. The molecule has 0 saturated heterocycles. The summed E-state index contributed by atoms with van der Waals surface area (Å²) < 4.78 is 4.99. The second-order valence-electron chi connectivity index (χ2n) is 4.77. The summed E-state index contributed by atoms with van der Waals surface area (Å²) in [6.45, 7) is 2.54. The van der Waals surface area contributed by atoms with E-state index in [0.717, 1.165) is 17.2 Å². The number of carbonyl (C=O) groups is 1. The molecule has 1 amide bonds. The molecule has 0 radical (unpaired) electrons. The number of benzene rings is 1. The number of rotatable bonds is 5. The van der Waals surface area contributed by atoms with E-state index < -0.39 is 0 Å². The van der Waals surface area contributed by atoms with Crippen LogP contribution in [0.3, 0.4) is 0 Å². The van der Waals surface area contributed by atoms with Crippen LogP contribution < -0.4 is 11.1 Å². The van der Waals surface area contributed by atoms with E-state index in [1.807, 2.05) is 31.2 Å². The summed E-state index contributed by atoms with van der Waals surface area (Å²) in [7, 11) is 1.64. The van der Waals surface area contributed by atoms with Crippen molar-refractivity contribution in [2.75, 3.05) is 19.5 Å². The number of anilines is 1. The van der Waals surface area contributed by atoms with Gasteiger partial charge in [-0.3, -0.25) is 4.79 Å². The second-order valence-corrected chi connectivity index (χ2v) is 4.77. The smallest absolute Gasteiger partial charge is 0.270 e. The van der Waals surface area contributed by atoms with Crippen LogP contribution in [0.5, 0.6) is 0 Å². The molecule has 0 bridgehead atoms. The maximum Gasteiger partial charge on any atom is 0.270 e. The van der Waals surface area contributed by atoms with Crippen LogP contribution >= 0.6 is 0 Å². The number of fused-ring (bicyclic) bond motifs is 1. The SMILES string of the molecule is COCCC(C)NC(=O)c1cc2ccccc2c(N)n1. The third-order valence-corrected chi connectivity index (χ3v) is 3.13. The third-order valence-electron chi connectivity index (χ3n) is 3.13. The highest BCUT2D eigenvalue weighted by Gasteiger charge is 2.13. The Balaban J connectivity index is 2.18. The van der Waals surface area contributed by atoms with Gasteiger partial charge in [0.05, 0.1) is 0 Å². The maximum atomic E-state index is 12.1. The van der Waals surface area contributed by atoms with Crippen molar-refractivity contribution in [1.29, 1.82) is 0 Å². The molecule has 1 atom stereocenters. The summed E-state index contributed by atoms with van der Waals surface area (Å²) in [6.07, 6.45) is 0.755. The van der Waals surface area contributed by atoms with E-state index in [4.69, 9.17) is 10.5 Å². The number of nitrogens with two attached hydrogens (primary N) is 1. The summed E-state index contributed by atoms with van der Waals surface area (Å²) in [5, 5.41) is 4.66. The van der Waals surface area contributed by atoms with Crippen LogP contribution in [-0.2, 0) is 4.74 Å². The molecule has 0 saturated carbocycles. The van der Waals surface area contributed by atoms with E-state index in [9.17, 15) is 4.79 Å². The summed E-state index contributed by atoms with van der Waals surface area (Å²) in [5.41, 5.74) is 6.23. The third kappa shape index (κ3) is 3.24. The van der Waals surface area contributed by atoms with Crippen molar-refractivity contribution in [2.24, 2.45) is 0 Å². The maximum absolute atomic E-state index is 12.1. The molecule has 20 heavy (non-hydrogen) atoms. The molecule has 2 aromatic rings. The number of amides is 1. The van der Waals surface area contributed by atoms with E-state index in [1.165, 1.54) is 0 Å². The molecule has 1 aromatic carbocycles. The quantitative estimate of drug-likeness (QED) is 0.873. The molecule has 5 heteroatoms. The molecule has 0 aliphatic carbocycles. The Hall–Kier alpha value is -2.14. The van der Waals surface area contributed by atoms with Crippen molar-refractivity contribution in [2.45, 2.75) is 19.4 Å². The standard InChI is InChI=1S/C15H19N3O2/c1-10(7-8-20-2)17-15(19)13-9-11-5-3-4-6-12(11)14(16)18-13/h3-6,9-10H,7-8H2,1-2H3,(H2,16,18)(H,17,19). The largest absolute Gasteiger partial charge is 0.385 e. The van der Waals surface area contributed by atoms with Gasteiger partial charge in [-0.2, -0.15) is 0 Å². The van der Waals surface area contributed by atoms with Gasteiger partial charge in [0.25, 0.3) is 5.91 Å². The van der Waals surface area contributed by atoms with E-state index in [0.29, 0.717) is 18.1 Å². The van der Waals surface area contributed by atoms with Gasteiger partial charge in [-0.25, -0.2) is 4.98 Å². The number of nitrogens with zero attached hydrogens (tertiary/aromatic N) is 1. The van der Waals surface area contributed by atoms with Crippen molar-refractivity contribution in [1.82, 2.24) is 10.3 Å². The number of nitrogens with one attached hydrogen (secondary N) is 1. The number of hydrogen-bond donors (Lipinski definition) is 2. The zero-order valence-corrected chi connectivity index (χ0v) is 11.7. The first-order valence-corrected chi connectivity index (χ1v) is 6.57. The lowest BCUT2D eigenvalue weighted by atomic mass is 10.1. The minimum atomic E-state index is -0.217. The number of carbonyl (C=O) groups excluding carboxylic acids is 1. The number of aromatic nitrogens is 1. The predicted molar refractivity (Wildman–Crippen MR) is 79.6 cm³/mol. The predicted octanol–water partition coefficient (Wildman–Crippen LogP) is 1.97. The molecule has 1 unspecified atom stereocenters. The van der Waals surface area contributed by atoms with E-state index >= 15 is 0 Å². The summed E-state index contributed by atoms with van der Waals surface area (Å²) in [6, 6.07) is 9.39. The minimum Gasteiger partial charge on any atom is -0.385 e. The fraction of sp³-hybridized carbons (Fsp3) is 0.333. The first-order chi connectivity index (χ1) is 9.61. The fourth-order valence-electron chi connectivity index (χ4n) is 2.01. The fourth-order valence-corrected chi connectivity index (χ4v) is 2.01. The van der Waals surface area contributed by atoms with Gasteiger partial charge in [-0.15, -0.1) is 0 Å². The average molecular weight is 273 g/mol.